The molecule has 1 aromatic carbocycles. The van der Waals surface area contributed by atoms with Crippen LogP contribution in [0.3, 0.4) is 0 Å². The Hall–Kier alpha value is -2.14. The molecule has 28 heavy (non-hydrogen) atoms. The summed E-state index contributed by atoms with van der Waals surface area (Å²) < 4.78 is 0. The second-order valence-corrected chi connectivity index (χ2v) is 8.64. The predicted molar refractivity (Wildman–Crippen MR) is 112 cm³/mol. The lowest BCUT2D eigenvalue weighted by Crippen LogP contribution is -2.57. The average Bonchev–Trinajstić information content (AvgIpc) is 2.77. The van der Waals surface area contributed by atoms with Crippen molar-refractivity contribution in [2.45, 2.75) is 69.9 Å². The quantitative estimate of drug-likeness (QED) is 0.620. The SMILES string of the molecule is CC1(N2C(=O)CC(=O)Nc3ccccc32)CCN(C2/C=C\CCCCC2)CC1. The van der Waals surface area contributed by atoms with Crippen molar-refractivity contribution in [2.24, 2.45) is 0 Å². The Kier molecular flexibility index (Phi) is 5.54. The molecule has 1 fully saturated rings. The molecule has 1 unspecified atom stereocenters. The van der Waals surface area contributed by atoms with E-state index in [0.717, 1.165) is 37.3 Å². The van der Waals surface area contributed by atoms with Crippen molar-refractivity contribution in [1.82, 2.24) is 4.90 Å². The molecule has 1 atom stereocenters. The van der Waals surface area contributed by atoms with Gasteiger partial charge in [0.2, 0.25) is 11.8 Å². The van der Waals surface area contributed by atoms with Gasteiger partial charge in [0.25, 0.3) is 0 Å². The van der Waals surface area contributed by atoms with Crippen LogP contribution >= 0.6 is 0 Å². The molecule has 4 rings (SSSR count). The summed E-state index contributed by atoms with van der Waals surface area (Å²) in [6.45, 7) is 4.15. The Labute approximate surface area is 167 Å². The van der Waals surface area contributed by atoms with Gasteiger partial charge in [0.05, 0.1) is 11.4 Å². The molecular weight excluding hydrogens is 350 g/mol. The first-order chi connectivity index (χ1) is 13.6. The Morgan fingerprint density at radius 3 is 2.68 bits per heavy atom. The lowest BCUT2D eigenvalue weighted by atomic mass is 9.85. The van der Waals surface area contributed by atoms with Gasteiger partial charge in [-0.05, 0) is 51.2 Å². The summed E-state index contributed by atoms with van der Waals surface area (Å²) in [5, 5.41) is 2.89. The highest BCUT2D eigenvalue weighted by molar-refractivity contribution is 6.14. The third kappa shape index (κ3) is 3.86. The zero-order chi connectivity index (χ0) is 19.6. The molecular formula is C23H31N3O2. The number of carbonyl (C=O) groups excluding carboxylic acids is 2. The molecule has 1 aliphatic carbocycles. The van der Waals surface area contributed by atoms with Crippen LogP contribution in [0.4, 0.5) is 11.4 Å². The number of hydrogen-bond donors (Lipinski definition) is 1. The molecule has 0 bridgehead atoms. The Bertz CT molecular complexity index is 765. The van der Waals surface area contributed by atoms with Crippen LogP contribution < -0.4 is 10.2 Å². The Morgan fingerprint density at radius 2 is 1.86 bits per heavy atom. The van der Waals surface area contributed by atoms with Crippen molar-refractivity contribution >= 4 is 23.2 Å². The van der Waals surface area contributed by atoms with Crippen LogP contribution in [0.2, 0.25) is 0 Å². The summed E-state index contributed by atoms with van der Waals surface area (Å²) >= 11 is 0. The first kappa shape index (κ1) is 19.2. The fraction of sp³-hybridized carbons (Fsp3) is 0.565. The molecule has 2 aliphatic heterocycles. The molecule has 1 aromatic rings. The molecule has 3 aliphatic rings. The van der Waals surface area contributed by atoms with E-state index in [1.165, 1.54) is 32.1 Å². The minimum atomic E-state index is -0.263. The number of para-hydroxylation sites is 2. The highest BCUT2D eigenvalue weighted by Gasteiger charge is 2.42. The van der Waals surface area contributed by atoms with Gasteiger partial charge in [-0.25, -0.2) is 0 Å². The van der Waals surface area contributed by atoms with Crippen molar-refractivity contribution in [2.75, 3.05) is 23.3 Å². The summed E-state index contributed by atoms with van der Waals surface area (Å²) in [6, 6.07) is 8.21. The highest BCUT2D eigenvalue weighted by Crippen LogP contribution is 2.39. The molecule has 2 heterocycles. The topological polar surface area (TPSA) is 52.7 Å². The zero-order valence-electron chi connectivity index (χ0n) is 16.8. The van der Waals surface area contributed by atoms with Crippen molar-refractivity contribution in [3.63, 3.8) is 0 Å². The minimum absolute atomic E-state index is 0.0840. The highest BCUT2D eigenvalue weighted by atomic mass is 16.2. The number of nitrogens with zero attached hydrogens (tertiary/aromatic N) is 2. The summed E-state index contributed by atoms with van der Waals surface area (Å²) in [7, 11) is 0. The number of rotatable bonds is 2. The fourth-order valence-corrected chi connectivity index (χ4v) is 4.92. The molecule has 0 spiro atoms. The van der Waals surface area contributed by atoms with E-state index in [-0.39, 0.29) is 23.8 Å². The van der Waals surface area contributed by atoms with Gasteiger partial charge in [-0.3, -0.25) is 14.5 Å². The summed E-state index contributed by atoms with van der Waals surface area (Å²) in [6.07, 6.45) is 12.9. The van der Waals surface area contributed by atoms with E-state index in [0.29, 0.717) is 6.04 Å². The number of piperidine rings is 1. The third-order valence-corrected chi connectivity index (χ3v) is 6.59. The molecule has 5 nitrogen and oxygen atoms in total. The van der Waals surface area contributed by atoms with Gasteiger partial charge in [-0.1, -0.05) is 37.1 Å². The van der Waals surface area contributed by atoms with Gasteiger partial charge in [-0.2, -0.15) is 0 Å². The van der Waals surface area contributed by atoms with Crippen LogP contribution in [0.1, 0.15) is 58.3 Å². The molecule has 1 N–H and O–H groups in total. The third-order valence-electron chi connectivity index (χ3n) is 6.59. The number of benzene rings is 1. The van der Waals surface area contributed by atoms with Gasteiger partial charge >= 0.3 is 0 Å². The second kappa shape index (κ2) is 8.08. The number of likely N-dealkylation sites (tertiary alicyclic amines) is 1. The normalized spacial score (nSPS) is 27.2. The molecule has 1 saturated heterocycles. The summed E-state index contributed by atoms with van der Waals surface area (Å²) in [5.74, 6) is -0.315. The van der Waals surface area contributed by atoms with Crippen molar-refractivity contribution < 1.29 is 9.59 Å². The molecule has 150 valence electrons. The Balaban J connectivity index is 1.54. The molecule has 5 heteroatoms. The lowest BCUT2D eigenvalue weighted by molar-refractivity contribution is -0.125. The number of carbonyl (C=O) groups is 2. The van der Waals surface area contributed by atoms with Crippen LogP contribution in [0, 0.1) is 0 Å². The van der Waals surface area contributed by atoms with Crippen molar-refractivity contribution in [1.29, 1.82) is 0 Å². The number of anilines is 2. The van der Waals surface area contributed by atoms with E-state index >= 15 is 0 Å². The van der Waals surface area contributed by atoms with Crippen LogP contribution in [-0.2, 0) is 9.59 Å². The number of nitrogens with one attached hydrogen (secondary N) is 1. The molecule has 2 amide bonds. The molecule has 0 aromatic heterocycles. The summed E-state index contributed by atoms with van der Waals surface area (Å²) in [5.41, 5.74) is 1.31. The lowest BCUT2D eigenvalue weighted by Gasteiger charge is -2.48. The number of fused-ring (bicyclic) bond motifs is 1. The monoisotopic (exact) mass is 381 g/mol. The molecule has 0 radical (unpaired) electrons. The standard InChI is InChI=1S/C23H31N3O2/c1-23(13-15-25(16-14-23)18-9-5-3-2-4-6-10-18)26-20-12-8-7-11-19(20)24-21(27)17-22(26)28/h5,7-9,11-12,18H,2-4,6,10,13-17H2,1H3,(H,24,27)/b9-5-. The van der Waals surface area contributed by atoms with Crippen LogP contribution in [-0.4, -0.2) is 41.4 Å². The Morgan fingerprint density at radius 1 is 1.07 bits per heavy atom. The van der Waals surface area contributed by atoms with Gasteiger partial charge < -0.3 is 10.2 Å². The number of amides is 2. The average molecular weight is 382 g/mol. The van der Waals surface area contributed by atoms with Crippen molar-refractivity contribution in [3.8, 4) is 0 Å². The van der Waals surface area contributed by atoms with E-state index < -0.39 is 0 Å². The van der Waals surface area contributed by atoms with Gasteiger partial charge in [0.1, 0.15) is 6.42 Å². The number of allylic oxidation sites excluding steroid dienone is 1. The zero-order valence-corrected chi connectivity index (χ0v) is 16.8. The van der Waals surface area contributed by atoms with Crippen LogP contribution in [0.15, 0.2) is 36.4 Å². The number of hydrogen-bond acceptors (Lipinski definition) is 3. The van der Waals surface area contributed by atoms with E-state index in [9.17, 15) is 9.59 Å². The van der Waals surface area contributed by atoms with Gasteiger partial charge in [-0.15, -0.1) is 0 Å². The first-order valence-corrected chi connectivity index (χ1v) is 10.7. The van der Waals surface area contributed by atoms with Gasteiger partial charge in [0.15, 0.2) is 0 Å². The van der Waals surface area contributed by atoms with Crippen molar-refractivity contribution in [3.05, 3.63) is 36.4 Å². The first-order valence-electron chi connectivity index (χ1n) is 10.7. The smallest absolute Gasteiger partial charge is 0.237 e. The van der Waals surface area contributed by atoms with Gasteiger partial charge in [0, 0.05) is 24.7 Å². The van der Waals surface area contributed by atoms with E-state index in [2.05, 4.69) is 29.3 Å². The maximum absolute atomic E-state index is 13.0. The van der Waals surface area contributed by atoms with Crippen LogP contribution in [0.5, 0.6) is 0 Å². The maximum Gasteiger partial charge on any atom is 0.237 e. The minimum Gasteiger partial charge on any atom is -0.324 e. The van der Waals surface area contributed by atoms with E-state index in [4.69, 9.17) is 0 Å². The maximum atomic E-state index is 13.0. The largest absolute Gasteiger partial charge is 0.324 e. The second-order valence-electron chi connectivity index (χ2n) is 8.64. The van der Waals surface area contributed by atoms with E-state index in [1.807, 2.05) is 29.2 Å². The van der Waals surface area contributed by atoms with E-state index in [1.54, 1.807) is 0 Å². The summed E-state index contributed by atoms with van der Waals surface area (Å²) in [4.78, 5) is 29.6. The predicted octanol–water partition coefficient (Wildman–Crippen LogP) is 4.11. The fourth-order valence-electron chi connectivity index (χ4n) is 4.92. The van der Waals surface area contributed by atoms with Crippen LogP contribution in [0.25, 0.3) is 0 Å². The molecule has 0 saturated carbocycles.